The fraction of sp³-hybridized carbons (Fsp3) is 0.583. The van der Waals surface area contributed by atoms with E-state index in [1.54, 1.807) is 0 Å². The molecule has 0 saturated carbocycles. The molecular weight excluding hydrogens is 186 g/mol. The number of anilines is 1. The highest BCUT2D eigenvalue weighted by Crippen LogP contribution is 2.28. The molecule has 0 radical (unpaired) electrons. The number of fused-ring (bicyclic) bond motifs is 1. The average molecular weight is 203 g/mol. The highest BCUT2D eigenvalue weighted by Gasteiger charge is 2.34. The van der Waals surface area contributed by atoms with Gasteiger partial charge in [0.15, 0.2) is 0 Å². The number of hydrogen-bond donors (Lipinski definition) is 1. The van der Waals surface area contributed by atoms with Crippen molar-refractivity contribution in [3.05, 3.63) is 24.5 Å². The number of nitrogens with zero attached hydrogens (tertiary/aromatic N) is 2. The molecule has 80 valence electrons. The highest BCUT2D eigenvalue weighted by molar-refractivity contribution is 5.45. The van der Waals surface area contributed by atoms with E-state index in [9.17, 15) is 0 Å². The molecule has 2 unspecified atom stereocenters. The van der Waals surface area contributed by atoms with Crippen LogP contribution in [0.2, 0.25) is 0 Å². The van der Waals surface area contributed by atoms with Crippen LogP contribution < -0.4 is 10.2 Å². The van der Waals surface area contributed by atoms with Crippen LogP contribution in [0.4, 0.5) is 5.69 Å². The molecule has 0 bridgehead atoms. The minimum Gasteiger partial charge on any atom is -0.368 e. The molecule has 2 aliphatic heterocycles. The summed E-state index contributed by atoms with van der Waals surface area (Å²) in [7, 11) is 0. The summed E-state index contributed by atoms with van der Waals surface area (Å²) in [6, 6.07) is 4.88. The van der Waals surface area contributed by atoms with Gasteiger partial charge in [0.2, 0.25) is 0 Å². The third-order valence-corrected chi connectivity index (χ3v) is 3.61. The summed E-state index contributed by atoms with van der Waals surface area (Å²) in [5.74, 6) is 0.846. The topological polar surface area (TPSA) is 28.2 Å². The van der Waals surface area contributed by atoms with Gasteiger partial charge in [0.25, 0.3) is 0 Å². The molecule has 2 fully saturated rings. The lowest BCUT2D eigenvalue weighted by Gasteiger charge is -2.24. The van der Waals surface area contributed by atoms with E-state index in [0.29, 0.717) is 6.04 Å². The molecule has 3 nitrogen and oxygen atoms in total. The molecule has 2 aliphatic rings. The predicted molar refractivity (Wildman–Crippen MR) is 61.0 cm³/mol. The van der Waals surface area contributed by atoms with Gasteiger partial charge < -0.3 is 10.2 Å². The van der Waals surface area contributed by atoms with Gasteiger partial charge in [0.1, 0.15) is 0 Å². The Morgan fingerprint density at radius 3 is 3.20 bits per heavy atom. The molecule has 0 amide bonds. The van der Waals surface area contributed by atoms with Gasteiger partial charge in [-0.2, -0.15) is 0 Å². The number of piperidine rings is 1. The Labute approximate surface area is 90.5 Å². The van der Waals surface area contributed by atoms with Gasteiger partial charge >= 0.3 is 0 Å². The minimum atomic E-state index is 0.707. The van der Waals surface area contributed by atoms with Crippen molar-refractivity contribution in [3.8, 4) is 0 Å². The molecule has 1 N–H and O–H groups in total. The predicted octanol–water partition coefficient (Wildman–Crippen LogP) is 1.27. The molecule has 0 spiro atoms. The standard InChI is InChI=1S/C12H17N3/c1-3-10-8-15(9-12(10)14-6-1)11-4-2-5-13-7-11/h2,4-5,7,10,12,14H,1,3,6,8-9H2. The van der Waals surface area contributed by atoms with Crippen molar-refractivity contribution in [3.63, 3.8) is 0 Å². The Hall–Kier alpha value is -1.09. The number of aromatic nitrogens is 1. The van der Waals surface area contributed by atoms with Gasteiger partial charge in [0, 0.05) is 25.3 Å². The monoisotopic (exact) mass is 203 g/mol. The van der Waals surface area contributed by atoms with Crippen molar-refractivity contribution < 1.29 is 0 Å². The molecular formula is C12H17N3. The molecule has 2 atom stereocenters. The van der Waals surface area contributed by atoms with E-state index in [1.807, 2.05) is 18.5 Å². The molecule has 3 heteroatoms. The SMILES string of the molecule is c1cncc(N2CC3CCCNC3C2)c1. The first kappa shape index (κ1) is 9.16. The third kappa shape index (κ3) is 1.72. The van der Waals surface area contributed by atoms with Crippen molar-refractivity contribution >= 4 is 5.69 Å². The summed E-state index contributed by atoms with van der Waals surface area (Å²) in [4.78, 5) is 6.64. The van der Waals surface area contributed by atoms with Crippen LogP contribution in [-0.4, -0.2) is 30.7 Å². The van der Waals surface area contributed by atoms with Crippen LogP contribution in [0, 0.1) is 5.92 Å². The third-order valence-electron chi connectivity index (χ3n) is 3.61. The largest absolute Gasteiger partial charge is 0.368 e. The van der Waals surface area contributed by atoms with E-state index in [0.717, 1.165) is 12.5 Å². The zero-order chi connectivity index (χ0) is 10.1. The quantitative estimate of drug-likeness (QED) is 0.745. The summed E-state index contributed by atoms with van der Waals surface area (Å²) in [6.07, 6.45) is 6.53. The first-order chi connectivity index (χ1) is 7.43. The maximum atomic E-state index is 4.18. The van der Waals surface area contributed by atoms with Crippen LogP contribution >= 0.6 is 0 Å². The van der Waals surface area contributed by atoms with E-state index in [4.69, 9.17) is 0 Å². The molecule has 0 aliphatic carbocycles. The number of nitrogens with one attached hydrogen (secondary N) is 1. The van der Waals surface area contributed by atoms with Gasteiger partial charge in [-0.05, 0) is 37.4 Å². The summed E-state index contributed by atoms with van der Waals surface area (Å²) < 4.78 is 0. The smallest absolute Gasteiger partial charge is 0.0553 e. The summed E-state index contributed by atoms with van der Waals surface area (Å²) >= 11 is 0. The van der Waals surface area contributed by atoms with Crippen molar-refractivity contribution in [2.24, 2.45) is 5.92 Å². The van der Waals surface area contributed by atoms with Crippen molar-refractivity contribution in [1.29, 1.82) is 0 Å². The molecule has 1 aromatic rings. The Kier molecular flexibility index (Phi) is 2.33. The van der Waals surface area contributed by atoms with Crippen molar-refractivity contribution in [1.82, 2.24) is 10.3 Å². The first-order valence-corrected chi connectivity index (χ1v) is 5.82. The Morgan fingerprint density at radius 1 is 1.40 bits per heavy atom. The zero-order valence-corrected chi connectivity index (χ0v) is 8.89. The van der Waals surface area contributed by atoms with E-state index >= 15 is 0 Å². The van der Waals surface area contributed by atoms with Crippen LogP contribution in [0.15, 0.2) is 24.5 Å². The van der Waals surface area contributed by atoms with Crippen LogP contribution in [0.25, 0.3) is 0 Å². The second-order valence-corrected chi connectivity index (χ2v) is 4.58. The van der Waals surface area contributed by atoms with Gasteiger partial charge in [-0.15, -0.1) is 0 Å². The number of hydrogen-bond acceptors (Lipinski definition) is 3. The molecule has 3 rings (SSSR count). The zero-order valence-electron chi connectivity index (χ0n) is 8.89. The average Bonchev–Trinajstić information content (AvgIpc) is 2.74. The lowest BCUT2D eigenvalue weighted by molar-refractivity contribution is 0.340. The van der Waals surface area contributed by atoms with Crippen molar-refractivity contribution in [2.75, 3.05) is 24.5 Å². The fourth-order valence-corrected chi connectivity index (χ4v) is 2.80. The number of pyridine rings is 1. The van der Waals surface area contributed by atoms with Crippen LogP contribution in [-0.2, 0) is 0 Å². The maximum Gasteiger partial charge on any atom is 0.0553 e. The maximum absolute atomic E-state index is 4.18. The summed E-state index contributed by atoms with van der Waals surface area (Å²) in [5.41, 5.74) is 1.27. The Balaban J connectivity index is 1.75. The second kappa shape index (κ2) is 3.81. The van der Waals surface area contributed by atoms with E-state index in [-0.39, 0.29) is 0 Å². The van der Waals surface area contributed by atoms with E-state index < -0.39 is 0 Å². The molecule has 3 heterocycles. The van der Waals surface area contributed by atoms with Gasteiger partial charge in [0.05, 0.1) is 11.9 Å². The Morgan fingerprint density at radius 2 is 2.40 bits per heavy atom. The first-order valence-electron chi connectivity index (χ1n) is 5.82. The molecule has 2 saturated heterocycles. The normalized spacial score (nSPS) is 30.3. The minimum absolute atomic E-state index is 0.707. The van der Waals surface area contributed by atoms with Gasteiger partial charge in [-0.3, -0.25) is 4.98 Å². The van der Waals surface area contributed by atoms with Gasteiger partial charge in [-0.25, -0.2) is 0 Å². The lowest BCUT2D eigenvalue weighted by Crippen LogP contribution is -2.40. The highest BCUT2D eigenvalue weighted by atomic mass is 15.2. The van der Waals surface area contributed by atoms with Crippen LogP contribution in [0.3, 0.4) is 0 Å². The lowest BCUT2D eigenvalue weighted by atomic mass is 9.94. The summed E-state index contributed by atoms with van der Waals surface area (Å²) in [5, 5.41) is 3.62. The molecule has 0 aromatic carbocycles. The van der Waals surface area contributed by atoms with E-state index in [2.05, 4.69) is 21.3 Å². The van der Waals surface area contributed by atoms with E-state index in [1.165, 1.54) is 31.6 Å². The molecule has 1 aromatic heterocycles. The van der Waals surface area contributed by atoms with Crippen LogP contribution in [0.1, 0.15) is 12.8 Å². The summed E-state index contributed by atoms with van der Waals surface area (Å²) in [6.45, 7) is 3.54. The van der Waals surface area contributed by atoms with Gasteiger partial charge in [-0.1, -0.05) is 0 Å². The number of rotatable bonds is 1. The second-order valence-electron chi connectivity index (χ2n) is 4.58. The van der Waals surface area contributed by atoms with Crippen LogP contribution in [0.5, 0.6) is 0 Å². The molecule has 15 heavy (non-hydrogen) atoms. The van der Waals surface area contributed by atoms with Crippen molar-refractivity contribution in [2.45, 2.75) is 18.9 Å². The fourth-order valence-electron chi connectivity index (χ4n) is 2.80. The Bertz CT molecular complexity index is 311.